The lowest BCUT2D eigenvalue weighted by Crippen LogP contribution is -2.00. The molecular weight excluding hydrogens is 375 g/mol. The maximum Gasteiger partial charge on any atom is 0.366 e. The molecule has 0 saturated heterocycles. The number of benzene rings is 2. The van der Waals surface area contributed by atoms with E-state index in [9.17, 15) is 9.18 Å². The van der Waals surface area contributed by atoms with Crippen LogP contribution < -0.4 is 15.1 Å². The van der Waals surface area contributed by atoms with Gasteiger partial charge in [-0.2, -0.15) is 4.74 Å². The minimum Gasteiger partial charge on any atom is -0.497 e. The van der Waals surface area contributed by atoms with Crippen LogP contribution in [0, 0.1) is 5.82 Å². The van der Waals surface area contributed by atoms with Gasteiger partial charge in [0.25, 0.3) is 0 Å². The van der Waals surface area contributed by atoms with Crippen molar-refractivity contribution < 1.29 is 18.4 Å². The monoisotopic (exact) mass is 392 g/mol. The molecule has 2 aromatic heterocycles. The third kappa shape index (κ3) is 3.38. The Morgan fingerprint density at radius 1 is 0.931 bits per heavy atom. The third-order valence-corrected chi connectivity index (χ3v) is 4.51. The topological polar surface area (TPSA) is 66.5 Å². The fraction of sp³-hybridized carbons (Fsp3) is 0.0909. The highest BCUT2D eigenvalue weighted by atomic mass is 19.1. The van der Waals surface area contributed by atoms with E-state index in [0.29, 0.717) is 39.6 Å². The van der Waals surface area contributed by atoms with Crippen molar-refractivity contribution in [3.05, 3.63) is 83.2 Å². The van der Waals surface area contributed by atoms with Crippen LogP contribution in [0.2, 0.25) is 0 Å². The van der Waals surface area contributed by atoms with Crippen molar-refractivity contribution in [2.24, 2.45) is 0 Å². The molecule has 0 unspecified atom stereocenters. The smallest absolute Gasteiger partial charge is 0.366 e. The van der Waals surface area contributed by atoms with Gasteiger partial charge >= 0.3 is 5.63 Å². The second kappa shape index (κ2) is 7.63. The van der Waals surface area contributed by atoms with Gasteiger partial charge in [-0.1, -0.05) is 12.1 Å². The highest BCUT2D eigenvalue weighted by molar-refractivity contribution is 5.81. The molecule has 0 spiro atoms. The van der Waals surface area contributed by atoms with Crippen LogP contribution in [0.5, 0.6) is 11.5 Å². The number of nitrogens with zero attached hydrogens (tertiary/aromatic N) is 2. The number of hydrogen-bond donors (Lipinski definition) is 0. The molecule has 0 aliphatic carbocycles. The summed E-state index contributed by atoms with van der Waals surface area (Å²) in [7, 11) is 3.08. The summed E-state index contributed by atoms with van der Waals surface area (Å²) in [5.74, 6) is 0.674. The van der Waals surface area contributed by atoms with Gasteiger partial charge in [0.1, 0.15) is 28.7 Å². The maximum atomic E-state index is 13.4. The summed E-state index contributed by atoms with van der Waals surface area (Å²) in [6, 6.07) is 14.4. The summed E-state index contributed by atoms with van der Waals surface area (Å²) < 4.78 is 31.2. The molecule has 0 radical (unpaired) electrons. The molecule has 4 aromatic rings. The predicted octanol–water partition coefficient (Wildman–Crippen LogP) is 4.32. The highest BCUT2D eigenvalue weighted by Crippen LogP contribution is 2.36. The molecule has 0 aliphatic rings. The van der Waals surface area contributed by atoms with Crippen molar-refractivity contribution in [1.29, 1.82) is 0 Å². The zero-order chi connectivity index (χ0) is 20.4. The Morgan fingerprint density at radius 2 is 1.66 bits per heavy atom. The first-order valence-electron chi connectivity index (χ1n) is 8.77. The van der Waals surface area contributed by atoms with Gasteiger partial charge in [-0.05, 0) is 42.0 Å². The van der Waals surface area contributed by atoms with E-state index >= 15 is 0 Å². The van der Waals surface area contributed by atoms with Gasteiger partial charge in [0.2, 0.25) is 0 Å². The minimum absolute atomic E-state index is 0.314. The van der Waals surface area contributed by atoms with Crippen molar-refractivity contribution in [3.63, 3.8) is 0 Å². The van der Waals surface area contributed by atoms with Crippen LogP contribution >= 0.6 is 0 Å². The largest absolute Gasteiger partial charge is 0.497 e. The summed E-state index contributed by atoms with van der Waals surface area (Å²) >= 11 is 0. The first kappa shape index (κ1) is 18.5. The Kier molecular flexibility index (Phi) is 4.87. The number of hydrogen-bond acceptors (Lipinski definition) is 5. The Labute approximate surface area is 165 Å². The minimum atomic E-state index is -0.554. The molecule has 0 saturated carbocycles. The average Bonchev–Trinajstić information content (AvgIpc) is 3.11. The van der Waals surface area contributed by atoms with Crippen LogP contribution in [-0.4, -0.2) is 23.9 Å². The van der Waals surface area contributed by atoms with Crippen LogP contribution in [-0.2, 0) is 0 Å². The SMILES string of the molecule is COc1ccc(-n2oc(=O)c(-c3ccc(F)cc3)c2-c2ccncc2)c(OC)c1. The molecule has 0 amide bonds. The number of rotatable bonds is 5. The molecule has 146 valence electrons. The molecule has 7 heteroatoms. The Hall–Kier alpha value is -3.87. The van der Waals surface area contributed by atoms with Crippen LogP contribution in [0.4, 0.5) is 4.39 Å². The molecule has 0 aliphatic heterocycles. The van der Waals surface area contributed by atoms with E-state index < -0.39 is 5.63 Å². The molecule has 0 N–H and O–H groups in total. The number of halogens is 1. The van der Waals surface area contributed by atoms with E-state index in [1.54, 1.807) is 62.0 Å². The van der Waals surface area contributed by atoms with Crippen LogP contribution in [0.1, 0.15) is 0 Å². The van der Waals surface area contributed by atoms with Crippen molar-refractivity contribution in [2.75, 3.05) is 14.2 Å². The standard InChI is InChI=1S/C22H17FN2O4/c1-27-17-7-8-18(19(13-17)28-2)25-21(15-9-11-24-12-10-15)20(22(26)29-25)14-3-5-16(23)6-4-14/h3-13H,1-2H3. The fourth-order valence-corrected chi connectivity index (χ4v) is 3.14. The number of pyridine rings is 1. The number of aromatic nitrogens is 2. The van der Waals surface area contributed by atoms with Crippen molar-refractivity contribution in [1.82, 2.24) is 9.72 Å². The average molecular weight is 392 g/mol. The van der Waals surface area contributed by atoms with Crippen LogP contribution in [0.3, 0.4) is 0 Å². The van der Waals surface area contributed by atoms with Crippen LogP contribution in [0.15, 0.2) is 76.3 Å². The molecule has 29 heavy (non-hydrogen) atoms. The Bertz CT molecular complexity index is 1200. The fourth-order valence-electron chi connectivity index (χ4n) is 3.14. The maximum absolute atomic E-state index is 13.4. The zero-order valence-corrected chi connectivity index (χ0v) is 15.8. The van der Waals surface area contributed by atoms with E-state index in [0.717, 1.165) is 0 Å². The summed E-state index contributed by atoms with van der Waals surface area (Å²) in [5, 5.41) is 0. The summed E-state index contributed by atoms with van der Waals surface area (Å²) in [6.07, 6.45) is 3.24. The Morgan fingerprint density at radius 3 is 2.31 bits per heavy atom. The molecule has 2 aromatic carbocycles. The summed E-state index contributed by atoms with van der Waals surface area (Å²) in [5.41, 5.74) is 2.04. The molecule has 0 fully saturated rings. The normalized spacial score (nSPS) is 10.7. The zero-order valence-electron chi connectivity index (χ0n) is 15.8. The van der Waals surface area contributed by atoms with Gasteiger partial charge in [0, 0.05) is 24.0 Å². The number of methoxy groups -OCH3 is 2. The second-order valence-corrected chi connectivity index (χ2v) is 6.18. The van der Waals surface area contributed by atoms with Gasteiger partial charge in [-0.3, -0.25) is 4.98 Å². The molecule has 4 rings (SSSR count). The lowest BCUT2D eigenvalue weighted by molar-refractivity contribution is 0.315. The molecular formula is C22H17FN2O4. The quantitative estimate of drug-likeness (QED) is 0.506. The van der Waals surface area contributed by atoms with Gasteiger partial charge in [-0.25, -0.2) is 9.18 Å². The molecule has 0 bridgehead atoms. The van der Waals surface area contributed by atoms with Crippen molar-refractivity contribution in [2.45, 2.75) is 0 Å². The first-order chi connectivity index (χ1) is 14.1. The Balaban J connectivity index is 2.03. The van der Waals surface area contributed by atoms with E-state index in [4.69, 9.17) is 14.0 Å². The number of ether oxygens (including phenoxy) is 2. The van der Waals surface area contributed by atoms with E-state index in [1.807, 2.05) is 0 Å². The van der Waals surface area contributed by atoms with E-state index in [2.05, 4.69) is 4.98 Å². The van der Waals surface area contributed by atoms with E-state index in [-0.39, 0.29) is 5.82 Å². The van der Waals surface area contributed by atoms with Gasteiger partial charge in [0.15, 0.2) is 0 Å². The van der Waals surface area contributed by atoms with E-state index in [1.165, 1.54) is 24.0 Å². The van der Waals surface area contributed by atoms with Crippen molar-refractivity contribution >= 4 is 0 Å². The highest BCUT2D eigenvalue weighted by Gasteiger charge is 2.23. The lowest BCUT2D eigenvalue weighted by Gasteiger charge is -2.13. The van der Waals surface area contributed by atoms with Crippen LogP contribution in [0.25, 0.3) is 28.1 Å². The first-order valence-corrected chi connectivity index (χ1v) is 8.77. The van der Waals surface area contributed by atoms with Gasteiger partial charge < -0.3 is 14.0 Å². The summed E-state index contributed by atoms with van der Waals surface area (Å²) in [4.78, 5) is 16.9. The van der Waals surface area contributed by atoms with Gasteiger partial charge in [0.05, 0.1) is 19.8 Å². The van der Waals surface area contributed by atoms with Crippen molar-refractivity contribution in [3.8, 4) is 39.6 Å². The lowest BCUT2D eigenvalue weighted by atomic mass is 10.0. The molecule has 0 atom stereocenters. The molecule has 6 nitrogen and oxygen atoms in total. The second-order valence-electron chi connectivity index (χ2n) is 6.18. The summed E-state index contributed by atoms with van der Waals surface area (Å²) in [6.45, 7) is 0. The predicted molar refractivity (Wildman–Crippen MR) is 106 cm³/mol. The van der Waals surface area contributed by atoms with Gasteiger partial charge in [-0.15, -0.1) is 0 Å². The molecule has 2 heterocycles. The third-order valence-electron chi connectivity index (χ3n) is 4.51.